The number of urea groups is 1. The van der Waals surface area contributed by atoms with E-state index in [2.05, 4.69) is 6.92 Å². The van der Waals surface area contributed by atoms with Crippen LogP contribution in [0.3, 0.4) is 0 Å². The van der Waals surface area contributed by atoms with Gasteiger partial charge in [0.25, 0.3) is 0 Å². The summed E-state index contributed by atoms with van der Waals surface area (Å²) in [5, 5.41) is 0. The third kappa shape index (κ3) is 2.91. The van der Waals surface area contributed by atoms with Crippen LogP contribution in [0.4, 0.5) is 4.79 Å². The fraction of sp³-hybridized carbons (Fsp3) is 0.909. The number of nitrogens with zero attached hydrogens (tertiary/aromatic N) is 2. The summed E-state index contributed by atoms with van der Waals surface area (Å²) in [5.41, 5.74) is 0. The molecule has 0 saturated carbocycles. The molecule has 0 aromatic carbocycles. The molecule has 2 aliphatic rings. The molecule has 0 N–H and O–H groups in total. The molecule has 0 aromatic rings. The van der Waals surface area contributed by atoms with E-state index in [1.54, 1.807) is 4.90 Å². The van der Waals surface area contributed by atoms with Crippen molar-refractivity contribution in [3.8, 4) is 0 Å². The van der Waals surface area contributed by atoms with E-state index in [9.17, 15) is 13.2 Å². The number of rotatable bonds is 0. The minimum Gasteiger partial charge on any atom is -0.323 e. The summed E-state index contributed by atoms with van der Waals surface area (Å²) < 4.78 is 22.6. The Morgan fingerprint density at radius 1 is 1.12 bits per heavy atom. The Bertz CT molecular complexity index is 380. The van der Waals surface area contributed by atoms with Gasteiger partial charge in [-0.25, -0.2) is 13.2 Å². The molecule has 2 heterocycles. The van der Waals surface area contributed by atoms with Gasteiger partial charge in [0.2, 0.25) is 0 Å². The maximum absolute atomic E-state index is 12.2. The molecule has 98 valence electrons. The lowest BCUT2D eigenvalue weighted by Gasteiger charge is -2.38. The lowest BCUT2D eigenvalue weighted by molar-refractivity contribution is 0.123. The highest BCUT2D eigenvalue weighted by atomic mass is 32.2. The van der Waals surface area contributed by atoms with Crippen molar-refractivity contribution in [1.82, 2.24) is 9.80 Å². The average Bonchev–Trinajstić information content (AvgIpc) is 2.29. The quantitative estimate of drug-likeness (QED) is 0.644. The van der Waals surface area contributed by atoms with Gasteiger partial charge in [0.15, 0.2) is 9.84 Å². The van der Waals surface area contributed by atoms with Crippen LogP contribution in [0.5, 0.6) is 0 Å². The molecule has 0 aliphatic carbocycles. The Labute approximate surface area is 103 Å². The molecule has 2 amide bonds. The van der Waals surface area contributed by atoms with Gasteiger partial charge in [-0.1, -0.05) is 0 Å². The van der Waals surface area contributed by atoms with Gasteiger partial charge in [-0.05, 0) is 26.2 Å². The molecule has 6 heteroatoms. The summed E-state index contributed by atoms with van der Waals surface area (Å²) in [7, 11) is -2.91. The predicted octanol–water partition coefficient (Wildman–Crippen LogP) is 0.711. The standard InChI is InChI=1S/C11H20N2O3S/c1-10-4-2-3-5-13(10)11(14)12-6-8-17(15,16)9-7-12/h10H,2-9H2,1H3. The normalized spacial score (nSPS) is 29.1. The van der Waals surface area contributed by atoms with E-state index in [-0.39, 0.29) is 23.6 Å². The minimum atomic E-state index is -2.91. The van der Waals surface area contributed by atoms with Crippen molar-refractivity contribution in [1.29, 1.82) is 0 Å². The fourth-order valence-electron chi connectivity index (χ4n) is 2.47. The first-order valence-electron chi connectivity index (χ1n) is 6.25. The van der Waals surface area contributed by atoms with Crippen molar-refractivity contribution in [2.45, 2.75) is 32.2 Å². The van der Waals surface area contributed by atoms with E-state index in [4.69, 9.17) is 0 Å². The van der Waals surface area contributed by atoms with E-state index in [1.165, 1.54) is 6.42 Å². The molecule has 17 heavy (non-hydrogen) atoms. The first-order chi connectivity index (χ1) is 7.99. The zero-order valence-electron chi connectivity index (χ0n) is 10.3. The van der Waals surface area contributed by atoms with E-state index in [0.29, 0.717) is 13.1 Å². The molecule has 0 spiro atoms. The van der Waals surface area contributed by atoms with Gasteiger partial charge in [-0.15, -0.1) is 0 Å². The Balaban J connectivity index is 1.96. The molecule has 0 radical (unpaired) electrons. The fourth-order valence-corrected chi connectivity index (χ4v) is 3.67. The number of likely N-dealkylation sites (tertiary alicyclic amines) is 1. The Kier molecular flexibility index (Phi) is 3.61. The topological polar surface area (TPSA) is 57.7 Å². The van der Waals surface area contributed by atoms with Gasteiger partial charge in [0.05, 0.1) is 11.5 Å². The second-order valence-corrected chi connectivity index (χ2v) is 7.26. The van der Waals surface area contributed by atoms with E-state index >= 15 is 0 Å². The Morgan fingerprint density at radius 2 is 1.76 bits per heavy atom. The summed E-state index contributed by atoms with van der Waals surface area (Å²) in [6.07, 6.45) is 3.29. The maximum atomic E-state index is 12.2. The van der Waals surface area contributed by atoms with Gasteiger partial charge < -0.3 is 9.80 Å². The molecule has 5 nitrogen and oxygen atoms in total. The van der Waals surface area contributed by atoms with Crippen molar-refractivity contribution < 1.29 is 13.2 Å². The van der Waals surface area contributed by atoms with Gasteiger partial charge in [0.1, 0.15) is 0 Å². The number of piperidine rings is 1. The van der Waals surface area contributed by atoms with Crippen LogP contribution >= 0.6 is 0 Å². The third-order valence-electron chi connectivity index (χ3n) is 3.66. The van der Waals surface area contributed by atoms with Crippen LogP contribution in [0.25, 0.3) is 0 Å². The summed E-state index contributed by atoms with van der Waals surface area (Å²) >= 11 is 0. The highest BCUT2D eigenvalue weighted by Crippen LogP contribution is 2.19. The first-order valence-corrected chi connectivity index (χ1v) is 8.08. The van der Waals surface area contributed by atoms with Crippen LogP contribution in [0, 0.1) is 0 Å². The number of carbonyl (C=O) groups is 1. The molecular weight excluding hydrogens is 240 g/mol. The second kappa shape index (κ2) is 4.84. The molecule has 2 rings (SSSR count). The number of carbonyl (C=O) groups excluding carboxylic acids is 1. The second-order valence-electron chi connectivity index (χ2n) is 4.96. The van der Waals surface area contributed by atoms with Gasteiger partial charge in [-0.3, -0.25) is 0 Å². The summed E-state index contributed by atoms with van der Waals surface area (Å²) in [6, 6.07) is 0.307. The van der Waals surface area contributed by atoms with Crippen molar-refractivity contribution in [2.24, 2.45) is 0 Å². The lowest BCUT2D eigenvalue weighted by Crippen LogP contribution is -2.53. The van der Waals surface area contributed by atoms with Crippen LogP contribution in [-0.2, 0) is 9.84 Å². The van der Waals surface area contributed by atoms with E-state index < -0.39 is 9.84 Å². The third-order valence-corrected chi connectivity index (χ3v) is 5.27. The Morgan fingerprint density at radius 3 is 2.35 bits per heavy atom. The number of sulfone groups is 1. The summed E-state index contributed by atoms with van der Waals surface area (Å²) in [5.74, 6) is 0.224. The van der Waals surface area contributed by atoms with Crippen LogP contribution in [0.2, 0.25) is 0 Å². The first kappa shape index (κ1) is 12.7. The smallest absolute Gasteiger partial charge is 0.320 e. The molecule has 0 bridgehead atoms. The summed E-state index contributed by atoms with van der Waals surface area (Å²) in [4.78, 5) is 15.8. The molecule has 2 aliphatic heterocycles. The highest BCUT2D eigenvalue weighted by Gasteiger charge is 2.31. The molecule has 0 aromatic heterocycles. The van der Waals surface area contributed by atoms with E-state index in [0.717, 1.165) is 19.4 Å². The maximum Gasteiger partial charge on any atom is 0.320 e. The van der Waals surface area contributed by atoms with Crippen LogP contribution < -0.4 is 0 Å². The monoisotopic (exact) mass is 260 g/mol. The molecule has 2 fully saturated rings. The Hall–Kier alpha value is -0.780. The number of hydrogen-bond donors (Lipinski definition) is 0. The molecule has 1 atom stereocenters. The summed E-state index contributed by atoms with van der Waals surface area (Å²) in [6.45, 7) is 3.58. The van der Waals surface area contributed by atoms with Crippen LogP contribution in [-0.4, -0.2) is 61.4 Å². The molecule has 2 saturated heterocycles. The van der Waals surface area contributed by atoms with Crippen LogP contribution in [0.15, 0.2) is 0 Å². The molecular formula is C11H20N2O3S. The van der Waals surface area contributed by atoms with Crippen molar-refractivity contribution in [3.05, 3.63) is 0 Å². The van der Waals surface area contributed by atoms with Gasteiger partial charge in [-0.2, -0.15) is 0 Å². The van der Waals surface area contributed by atoms with Crippen molar-refractivity contribution in [3.63, 3.8) is 0 Å². The highest BCUT2D eigenvalue weighted by molar-refractivity contribution is 7.91. The molecule has 1 unspecified atom stereocenters. The van der Waals surface area contributed by atoms with Gasteiger partial charge in [0, 0.05) is 25.7 Å². The zero-order valence-corrected chi connectivity index (χ0v) is 11.1. The van der Waals surface area contributed by atoms with Crippen LogP contribution in [0.1, 0.15) is 26.2 Å². The number of hydrogen-bond acceptors (Lipinski definition) is 3. The van der Waals surface area contributed by atoms with Crippen molar-refractivity contribution in [2.75, 3.05) is 31.1 Å². The SMILES string of the molecule is CC1CCCCN1C(=O)N1CCS(=O)(=O)CC1. The lowest BCUT2D eigenvalue weighted by atomic mass is 10.0. The minimum absolute atomic E-state index is 0.0205. The average molecular weight is 260 g/mol. The largest absolute Gasteiger partial charge is 0.323 e. The number of amides is 2. The van der Waals surface area contributed by atoms with Crippen molar-refractivity contribution >= 4 is 15.9 Å². The van der Waals surface area contributed by atoms with Gasteiger partial charge >= 0.3 is 6.03 Å². The zero-order chi connectivity index (χ0) is 12.5. The predicted molar refractivity (Wildman–Crippen MR) is 65.6 cm³/mol. The van der Waals surface area contributed by atoms with E-state index in [1.807, 2.05) is 4.90 Å².